The van der Waals surface area contributed by atoms with Crippen molar-refractivity contribution < 1.29 is 18.3 Å². The fraction of sp³-hybridized carbons (Fsp3) is 0.357. The molecule has 3 N–H and O–H groups in total. The lowest BCUT2D eigenvalue weighted by Crippen LogP contribution is -2.35. The molecule has 0 unspecified atom stereocenters. The summed E-state index contributed by atoms with van der Waals surface area (Å²) < 4.78 is 32.8. The number of aromatic nitrogens is 2. The molecular weight excluding hydrogens is 534 g/mol. The molecule has 2 aromatic heterocycles. The van der Waals surface area contributed by atoms with Gasteiger partial charge in [-0.05, 0) is 69.3 Å². The van der Waals surface area contributed by atoms with Gasteiger partial charge in [-0.3, -0.25) is 0 Å². The molecule has 1 saturated heterocycles. The predicted molar refractivity (Wildman–Crippen MR) is 158 cm³/mol. The van der Waals surface area contributed by atoms with E-state index < -0.39 is 15.1 Å². The van der Waals surface area contributed by atoms with Crippen LogP contribution in [-0.2, 0) is 9.84 Å². The molecule has 0 radical (unpaired) electrons. The van der Waals surface area contributed by atoms with Crippen molar-refractivity contribution in [3.05, 3.63) is 53.9 Å². The smallest absolute Gasteiger partial charge is 0.229 e. The molecule has 0 saturated carbocycles. The minimum atomic E-state index is -3.51. The van der Waals surface area contributed by atoms with Crippen molar-refractivity contribution in [2.24, 2.45) is 0 Å². The zero-order valence-corrected chi connectivity index (χ0v) is 23.8. The normalized spacial score (nSPS) is 14.6. The predicted octanol–water partition coefficient (Wildman–Crippen LogP) is 5.72. The number of fused-ring (bicyclic) bond motifs is 1. The zero-order valence-electron chi connectivity index (χ0n) is 22.2. The summed E-state index contributed by atoms with van der Waals surface area (Å²) in [7, 11) is -3.51. The molecule has 0 atom stereocenters. The maximum Gasteiger partial charge on any atom is 0.229 e. The highest BCUT2D eigenvalue weighted by molar-refractivity contribution is 7.92. The summed E-state index contributed by atoms with van der Waals surface area (Å²) >= 11 is 1.48. The largest absolute Gasteiger partial charge is 0.492 e. The molecule has 0 spiro atoms. The third-order valence-electron chi connectivity index (χ3n) is 6.71. The summed E-state index contributed by atoms with van der Waals surface area (Å²) in [5, 5.41) is 17.8. The minimum Gasteiger partial charge on any atom is -0.492 e. The van der Waals surface area contributed by atoms with Gasteiger partial charge in [-0.15, -0.1) is 11.3 Å². The van der Waals surface area contributed by atoms with Crippen molar-refractivity contribution >= 4 is 60.2 Å². The Morgan fingerprint density at radius 2 is 1.85 bits per heavy atom. The van der Waals surface area contributed by atoms with Crippen molar-refractivity contribution in [2.75, 3.05) is 35.2 Å². The fourth-order valence-electron chi connectivity index (χ4n) is 4.53. The summed E-state index contributed by atoms with van der Waals surface area (Å²) in [6.45, 7) is 7.36. The zero-order chi connectivity index (χ0) is 27.6. The molecule has 5 rings (SSSR count). The molecule has 0 aliphatic carbocycles. The Morgan fingerprint density at radius 3 is 2.59 bits per heavy atom. The number of para-hydroxylation sites is 1. The lowest BCUT2D eigenvalue weighted by atomic mass is 10.1. The van der Waals surface area contributed by atoms with Crippen LogP contribution in [0.1, 0.15) is 33.6 Å². The van der Waals surface area contributed by atoms with Crippen molar-refractivity contribution in [2.45, 2.75) is 49.9 Å². The third kappa shape index (κ3) is 5.80. The van der Waals surface area contributed by atoms with E-state index in [0.717, 1.165) is 47.5 Å². The Labute approximate surface area is 232 Å². The van der Waals surface area contributed by atoms with Gasteiger partial charge in [0.2, 0.25) is 5.95 Å². The molecule has 206 valence electrons. The maximum atomic E-state index is 13.0. The van der Waals surface area contributed by atoms with Gasteiger partial charge >= 0.3 is 0 Å². The number of piperidine rings is 1. The SMILES string of the molecule is CCOc1cc(N2CCC(O)CC2)ccc1Nc1nc(Nc2ccccc2S(=O)(=O)C(C)C)c2sccc2n1. The van der Waals surface area contributed by atoms with Crippen LogP contribution in [0.5, 0.6) is 5.75 Å². The van der Waals surface area contributed by atoms with Crippen LogP contribution in [-0.4, -0.2) is 54.5 Å². The van der Waals surface area contributed by atoms with Crippen LogP contribution in [0, 0.1) is 0 Å². The summed E-state index contributed by atoms with van der Waals surface area (Å²) in [6.07, 6.45) is 1.25. The van der Waals surface area contributed by atoms with E-state index in [1.807, 2.05) is 36.6 Å². The number of aliphatic hydroxyl groups excluding tert-OH is 1. The fourth-order valence-corrected chi connectivity index (χ4v) is 6.51. The summed E-state index contributed by atoms with van der Waals surface area (Å²) in [5.74, 6) is 1.56. The van der Waals surface area contributed by atoms with Crippen molar-refractivity contribution in [1.29, 1.82) is 0 Å². The van der Waals surface area contributed by atoms with E-state index in [9.17, 15) is 13.5 Å². The highest BCUT2D eigenvalue weighted by Gasteiger charge is 2.24. The van der Waals surface area contributed by atoms with Crippen LogP contribution in [0.3, 0.4) is 0 Å². The van der Waals surface area contributed by atoms with Crippen LogP contribution < -0.4 is 20.3 Å². The molecule has 1 aliphatic heterocycles. The molecule has 4 aromatic rings. The van der Waals surface area contributed by atoms with Gasteiger partial charge in [-0.25, -0.2) is 13.4 Å². The van der Waals surface area contributed by atoms with E-state index in [2.05, 4.69) is 15.5 Å². The van der Waals surface area contributed by atoms with Gasteiger partial charge in [0.05, 0.1) is 44.4 Å². The number of hydrogen-bond donors (Lipinski definition) is 3. The Morgan fingerprint density at radius 1 is 1.08 bits per heavy atom. The summed E-state index contributed by atoms with van der Waals surface area (Å²) in [6, 6.07) is 14.8. The second kappa shape index (κ2) is 11.4. The number of nitrogens with zero attached hydrogens (tertiary/aromatic N) is 3. The second-order valence-corrected chi connectivity index (χ2v) is 13.1. The first-order valence-electron chi connectivity index (χ1n) is 13.1. The van der Waals surface area contributed by atoms with Crippen LogP contribution in [0.25, 0.3) is 10.2 Å². The monoisotopic (exact) mass is 567 g/mol. The first kappa shape index (κ1) is 27.2. The number of hydrogen-bond acceptors (Lipinski definition) is 10. The lowest BCUT2D eigenvalue weighted by molar-refractivity contribution is 0.145. The molecule has 1 aliphatic rings. The van der Waals surface area contributed by atoms with Crippen LogP contribution in [0.2, 0.25) is 0 Å². The van der Waals surface area contributed by atoms with E-state index in [0.29, 0.717) is 29.8 Å². The average Bonchev–Trinajstić information content (AvgIpc) is 3.39. The molecule has 11 heteroatoms. The van der Waals surface area contributed by atoms with E-state index in [1.54, 1.807) is 38.1 Å². The molecule has 0 bridgehead atoms. The molecule has 2 aromatic carbocycles. The quantitative estimate of drug-likeness (QED) is 0.233. The van der Waals surface area contributed by atoms with Crippen molar-refractivity contribution in [3.63, 3.8) is 0 Å². The van der Waals surface area contributed by atoms with Gasteiger partial charge in [0.25, 0.3) is 0 Å². The number of nitrogens with one attached hydrogen (secondary N) is 2. The first-order valence-corrected chi connectivity index (χ1v) is 15.5. The van der Waals surface area contributed by atoms with Crippen LogP contribution >= 0.6 is 11.3 Å². The molecular formula is C28H33N5O4S2. The van der Waals surface area contributed by atoms with Gasteiger partial charge in [-0.1, -0.05) is 12.1 Å². The van der Waals surface area contributed by atoms with Gasteiger partial charge in [0, 0.05) is 24.8 Å². The van der Waals surface area contributed by atoms with E-state index >= 15 is 0 Å². The van der Waals surface area contributed by atoms with Gasteiger partial charge in [0.1, 0.15) is 5.75 Å². The third-order valence-corrected chi connectivity index (χ3v) is 9.83. The Balaban J connectivity index is 1.48. The topological polar surface area (TPSA) is 117 Å². The summed E-state index contributed by atoms with van der Waals surface area (Å²) in [5.41, 5.74) is 2.97. The van der Waals surface area contributed by atoms with Crippen LogP contribution in [0.4, 0.5) is 28.8 Å². The Bertz CT molecular complexity index is 1560. The maximum absolute atomic E-state index is 13.0. The summed E-state index contributed by atoms with van der Waals surface area (Å²) in [4.78, 5) is 11.9. The number of aliphatic hydroxyl groups is 1. The Hall–Kier alpha value is -3.41. The minimum absolute atomic E-state index is 0.234. The number of thiophene rings is 1. The molecule has 0 amide bonds. The van der Waals surface area contributed by atoms with Crippen LogP contribution in [0.15, 0.2) is 58.8 Å². The van der Waals surface area contributed by atoms with Crippen molar-refractivity contribution in [3.8, 4) is 5.75 Å². The average molecular weight is 568 g/mol. The van der Waals surface area contributed by atoms with Crippen molar-refractivity contribution in [1.82, 2.24) is 9.97 Å². The number of sulfone groups is 1. The highest BCUT2D eigenvalue weighted by Crippen LogP contribution is 2.36. The number of ether oxygens (including phenoxy) is 1. The van der Waals surface area contributed by atoms with Gasteiger partial charge in [0.15, 0.2) is 15.7 Å². The number of rotatable bonds is 9. The van der Waals surface area contributed by atoms with Gasteiger partial charge in [-0.2, -0.15) is 4.98 Å². The van der Waals surface area contributed by atoms with E-state index in [4.69, 9.17) is 14.7 Å². The van der Waals surface area contributed by atoms with Gasteiger partial charge < -0.3 is 25.4 Å². The Kier molecular flexibility index (Phi) is 7.92. The first-order chi connectivity index (χ1) is 18.8. The molecule has 1 fully saturated rings. The lowest BCUT2D eigenvalue weighted by Gasteiger charge is -2.32. The molecule has 39 heavy (non-hydrogen) atoms. The highest BCUT2D eigenvalue weighted by atomic mass is 32.2. The second-order valence-electron chi connectivity index (χ2n) is 9.70. The number of anilines is 5. The molecule has 9 nitrogen and oxygen atoms in total. The molecule has 3 heterocycles. The number of benzene rings is 2. The standard InChI is InChI=1S/C28H33N5O4S2/c1-4-37-24-17-19(33-14-11-20(34)12-15-33)9-10-21(24)30-28-31-23-13-16-38-26(23)27(32-28)29-22-7-5-6-8-25(22)39(35,36)18(2)3/h5-10,13,16-18,20,34H,4,11-12,14-15H2,1-3H3,(H2,29,30,31,32). The van der Waals surface area contributed by atoms with E-state index in [1.165, 1.54) is 11.3 Å². The van der Waals surface area contributed by atoms with E-state index in [-0.39, 0.29) is 11.0 Å².